The van der Waals surface area contributed by atoms with Crippen LogP contribution >= 0.6 is 0 Å². The van der Waals surface area contributed by atoms with Gasteiger partial charge in [-0.15, -0.1) is 0 Å². The molecule has 1 aliphatic heterocycles. The summed E-state index contributed by atoms with van der Waals surface area (Å²) < 4.78 is 15.8. The molecule has 156 valence electrons. The Morgan fingerprint density at radius 1 is 0.967 bits per heavy atom. The Morgan fingerprint density at radius 3 is 2.30 bits per heavy atom. The monoisotopic (exact) mass is 406 g/mol. The number of amides is 1. The van der Waals surface area contributed by atoms with E-state index >= 15 is 0 Å². The minimum atomic E-state index is -0.170. The van der Waals surface area contributed by atoms with Gasteiger partial charge in [0.2, 0.25) is 0 Å². The van der Waals surface area contributed by atoms with Crippen molar-refractivity contribution < 1.29 is 9.18 Å². The highest BCUT2D eigenvalue weighted by Crippen LogP contribution is 2.15. The van der Waals surface area contributed by atoms with Gasteiger partial charge in [-0.25, -0.2) is 4.39 Å². The maximum absolute atomic E-state index is 13.9. The van der Waals surface area contributed by atoms with Crippen LogP contribution in [0.25, 0.3) is 0 Å². The van der Waals surface area contributed by atoms with Crippen molar-refractivity contribution in [2.75, 3.05) is 26.2 Å². The number of halogens is 1. The van der Waals surface area contributed by atoms with Gasteiger partial charge in [0.1, 0.15) is 5.82 Å². The number of hydrogen-bond donors (Lipinski definition) is 0. The second-order valence-corrected chi connectivity index (χ2v) is 7.94. The van der Waals surface area contributed by atoms with Gasteiger partial charge in [-0.3, -0.25) is 14.4 Å². The molecule has 1 aromatic heterocycles. The normalized spacial score (nSPS) is 14.8. The van der Waals surface area contributed by atoms with E-state index in [1.54, 1.807) is 6.07 Å². The van der Waals surface area contributed by atoms with E-state index in [-0.39, 0.29) is 11.7 Å². The lowest BCUT2D eigenvalue weighted by molar-refractivity contribution is 0.0627. The van der Waals surface area contributed by atoms with Gasteiger partial charge in [0.25, 0.3) is 5.91 Å². The van der Waals surface area contributed by atoms with Crippen LogP contribution in [0.15, 0.2) is 54.6 Å². The molecule has 0 unspecified atom stereocenters. The molecule has 1 saturated heterocycles. The Bertz CT molecular complexity index is 1020. The summed E-state index contributed by atoms with van der Waals surface area (Å²) >= 11 is 0. The fourth-order valence-corrected chi connectivity index (χ4v) is 3.92. The Hall–Kier alpha value is -2.99. The minimum absolute atomic E-state index is 0.0539. The standard InChI is InChI=1S/C24H27FN4O/c1-18-15-19(2)29(26-18)16-20-7-9-21(10-8-20)24(30)28-13-11-27(12-14-28)17-22-5-3-4-6-23(22)25/h3-10,15H,11-14,16-17H2,1-2H3. The highest BCUT2D eigenvalue weighted by Gasteiger charge is 2.22. The second-order valence-electron chi connectivity index (χ2n) is 7.94. The summed E-state index contributed by atoms with van der Waals surface area (Å²) in [6, 6.07) is 16.7. The summed E-state index contributed by atoms with van der Waals surface area (Å²) in [5.41, 5.74) is 4.66. The van der Waals surface area contributed by atoms with Crippen LogP contribution in [0.2, 0.25) is 0 Å². The summed E-state index contributed by atoms with van der Waals surface area (Å²) in [7, 11) is 0. The molecular weight excluding hydrogens is 379 g/mol. The van der Waals surface area contributed by atoms with Crippen molar-refractivity contribution in [2.24, 2.45) is 0 Å². The van der Waals surface area contributed by atoms with E-state index in [1.807, 2.05) is 59.8 Å². The number of piperazine rings is 1. The summed E-state index contributed by atoms with van der Waals surface area (Å²) in [6.45, 7) is 8.11. The zero-order valence-electron chi connectivity index (χ0n) is 17.5. The van der Waals surface area contributed by atoms with E-state index < -0.39 is 0 Å². The Morgan fingerprint density at radius 2 is 1.67 bits per heavy atom. The predicted octanol–water partition coefficient (Wildman–Crippen LogP) is 3.65. The molecule has 0 bridgehead atoms. The molecule has 4 rings (SSSR count). The molecule has 2 aromatic carbocycles. The first-order valence-electron chi connectivity index (χ1n) is 10.3. The van der Waals surface area contributed by atoms with Gasteiger partial charge in [-0.1, -0.05) is 30.3 Å². The molecule has 0 spiro atoms. The number of aryl methyl sites for hydroxylation is 2. The topological polar surface area (TPSA) is 41.4 Å². The molecule has 0 saturated carbocycles. The van der Waals surface area contributed by atoms with Crippen molar-refractivity contribution in [1.29, 1.82) is 0 Å². The van der Waals surface area contributed by atoms with Crippen LogP contribution in [0, 0.1) is 19.7 Å². The summed E-state index contributed by atoms with van der Waals surface area (Å²) in [4.78, 5) is 17.0. The molecular formula is C24H27FN4O. The van der Waals surface area contributed by atoms with E-state index in [2.05, 4.69) is 16.1 Å². The number of nitrogens with zero attached hydrogens (tertiary/aromatic N) is 4. The predicted molar refractivity (Wildman–Crippen MR) is 115 cm³/mol. The van der Waals surface area contributed by atoms with Crippen molar-refractivity contribution in [3.05, 3.63) is 88.5 Å². The third-order valence-corrected chi connectivity index (χ3v) is 5.65. The van der Waals surface area contributed by atoms with E-state index in [9.17, 15) is 9.18 Å². The molecule has 5 nitrogen and oxygen atoms in total. The quantitative estimate of drug-likeness (QED) is 0.650. The molecule has 6 heteroatoms. The van der Waals surface area contributed by atoms with E-state index in [0.29, 0.717) is 37.3 Å². The zero-order valence-corrected chi connectivity index (χ0v) is 17.5. The van der Waals surface area contributed by atoms with Crippen LogP contribution in [0.5, 0.6) is 0 Å². The van der Waals surface area contributed by atoms with Gasteiger partial charge >= 0.3 is 0 Å². The first kappa shape index (κ1) is 20.3. The van der Waals surface area contributed by atoms with Gasteiger partial charge in [-0.2, -0.15) is 5.10 Å². The Kier molecular flexibility index (Phi) is 5.95. The Labute approximate surface area is 176 Å². The fourth-order valence-electron chi connectivity index (χ4n) is 3.92. The number of hydrogen-bond acceptors (Lipinski definition) is 3. The molecule has 3 aromatic rings. The third kappa shape index (κ3) is 4.60. The molecule has 1 amide bonds. The van der Waals surface area contributed by atoms with Crippen molar-refractivity contribution in [3.8, 4) is 0 Å². The first-order chi connectivity index (χ1) is 14.5. The largest absolute Gasteiger partial charge is 0.336 e. The number of aromatic nitrogens is 2. The van der Waals surface area contributed by atoms with Gasteiger partial charge < -0.3 is 4.90 Å². The number of benzene rings is 2. The Balaban J connectivity index is 1.33. The molecule has 0 N–H and O–H groups in total. The van der Waals surface area contributed by atoms with Crippen LogP contribution in [0.4, 0.5) is 4.39 Å². The van der Waals surface area contributed by atoms with E-state index in [0.717, 1.165) is 30.0 Å². The maximum Gasteiger partial charge on any atom is 0.253 e. The van der Waals surface area contributed by atoms with Crippen LogP contribution in [-0.4, -0.2) is 51.7 Å². The van der Waals surface area contributed by atoms with Gasteiger partial charge in [0.05, 0.1) is 12.2 Å². The zero-order chi connectivity index (χ0) is 21.1. The fraction of sp³-hybridized carbons (Fsp3) is 0.333. The van der Waals surface area contributed by atoms with Crippen molar-refractivity contribution in [3.63, 3.8) is 0 Å². The molecule has 30 heavy (non-hydrogen) atoms. The smallest absolute Gasteiger partial charge is 0.253 e. The number of carbonyl (C=O) groups is 1. The lowest BCUT2D eigenvalue weighted by Gasteiger charge is -2.34. The lowest BCUT2D eigenvalue weighted by Crippen LogP contribution is -2.48. The van der Waals surface area contributed by atoms with Gasteiger partial charge in [0.15, 0.2) is 0 Å². The summed E-state index contributed by atoms with van der Waals surface area (Å²) in [5.74, 6) is -0.116. The van der Waals surface area contributed by atoms with Gasteiger partial charge in [0, 0.05) is 49.5 Å². The summed E-state index contributed by atoms with van der Waals surface area (Å²) in [6.07, 6.45) is 0. The second kappa shape index (κ2) is 8.79. The average Bonchev–Trinajstić information content (AvgIpc) is 3.07. The molecule has 1 fully saturated rings. The van der Waals surface area contributed by atoms with Gasteiger partial charge in [-0.05, 0) is 43.7 Å². The molecule has 2 heterocycles. The molecule has 0 radical (unpaired) electrons. The van der Waals surface area contributed by atoms with Crippen LogP contribution in [0.3, 0.4) is 0 Å². The van der Waals surface area contributed by atoms with Crippen LogP contribution in [0.1, 0.15) is 32.9 Å². The maximum atomic E-state index is 13.9. The average molecular weight is 407 g/mol. The first-order valence-corrected chi connectivity index (χ1v) is 10.3. The SMILES string of the molecule is Cc1cc(C)n(Cc2ccc(C(=O)N3CCN(Cc4ccccc4F)CC3)cc2)n1. The van der Waals surface area contributed by atoms with Crippen molar-refractivity contribution in [1.82, 2.24) is 19.6 Å². The molecule has 1 aliphatic rings. The highest BCUT2D eigenvalue weighted by molar-refractivity contribution is 5.94. The molecule has 0 aliphatic carbocycles. The van der Waals surface area contributed by atoms with E-state index in [4.69, 9.17) is 0 Å². The molecule has 0 atom stereocenters. The number of rotatable bonds is 5. The minimum Gasteiger partial charge on any atom is -0.336 e. The van der Waals surface area contributed by atoms with Crippen molar-refractivity contribution >= 4 is 5.91 Å². The van der Waals surface area contributed by atoms with Crippen LogP contribution < -0.4 is 0 Å². The lowest BCUT2D eigenvalue weighted by atomic mass is 10.1. The van der Waals surface area contributed by atoms with Crippen molar-refractivity contribution in [2.45, 2.75) is 26.9 Å². The van der Waals surface area contributed by atoms with E-state index in [1.165, 1.54) is 6.07 Å². The highest BCUT2D eigenvalue weighted by atomic mass is 19.1. The van der Waals surface area contributed by atoms with Crippen LogP contribution in [-0.2, 0) is 13.1 Å². The number of carbonyl (C=O) groups excluding carboxylic acids is 1. The summed E-state index contributed by atoms with van der Waals surface area (Å²) in [5, 5.41) is 4.49. The third-order valence-electron chi connectivity index (χ3n) is 5.65.